The molecule has 11 nitrogen and oxygen atoms in total. The number of nitrogens with one attached hydrogen (secondary N) is 1. The van der Waals surface area contributed by atoms with E-state index in [9.17, 15) is 9.59 Å². The van der Waals surface area contributed by atoms with Crippen LogP contribution in [0.15, 0.2) is 18.2 Å². The lowest BCUT2D eigenvalue weighted by molar-refractivity contribution is -0.668. The Balaban J connectivity index is 0.00000342. The number of halogens is 3. The SMILES string of the molecule is CCCCN(C)C(=O)C[n+]1c(CNC(=O)c2nc(Cl)c(N)nc2N)n(CC)c2cc(OC)ccc21.Cl.[Cl-]. The lowest BCUT2D eigenvalue weighted by Gasteiger charge is -2.16. The third-order valence-electron chi connectivity index (χ3n) is 5.80. The van der Waals surface area contributed by atoms with Crippen LogP contribution in [0, 0.1) is 0 Å². The molecule has 0 bridgehead atoms. The van der Waals surface area contributed by atoms with Gasteiger partial charge in [0.15, 0.2) is 40.1 Å². The van der Waals surface area contributed by atoms with Crippen molar-refractivity contribution in [3.8, 4) is 5.75 Å². The molecule has 0 aliphatic carbocycles. The summed E-state index contributed by atoms with van der Waals surface area (Å²) >= 11 is 5.93. The second-order valence-corrected chi connectivity index (χ2v) is 8.44. The Morgan fingerprint density at radius 3 is 2.54 bits per heavy atom. The number of likely N-dealkylation sites (N-methyl/N-ethyl adjacent to an activating group) is 1. The van der Waals surface area contributed by atoms with Gasteiger partial charge >= 0.3 is 0 Å². The number of aromatic nitrogens is 4. The third kappa shape index (κ3) is 7.06. The molecule has 0 atom stereocenters. The summed E-state index contributed by atoms with van der Waals surface area (Å²) in [7, 11) is 3.40. The number of rotatable bonds is 10. The quantitative estimate of drug-likeness (QED) is 0.268. The fourth-order valence-electron chi connectivity index (χ4n) is 3.85. The zero-order valence-electron chi connectivity index (χ0n) is 21.3. The zero-order valence-corrected chi connectivity index (χ0v) is 23.6. The van der Waals surface area contributed by atoms with E-state index in [-0.39, 0.29) is 66.3 Å². The van der Waals surface area contributed by atoms with Crippen LogP contribution in [0.3, 0.4) is 0 Å². The standard InChI is InChI=1S/C23H31ClN8O3.2ClH/c1-5-7-10-30(3)18(33)13-32-15-9-8-14(35-4)11-16(15)31(6-2)17(32)12-27-23(34)19-21(25)29-22(26)20(24)28-19;;/h8-9,11H,5-7,10,12-13H2,1-4H3,(H4-,25,26,27,29,34);2*1H. The first-order chi connectivity index (χ1) is 16.7. The summed E-state index contributed by atoms with van der Waals surface area (Å²) in [5.74, 6) is 0.672. The highest BCUT2D eigenvalue weighted by atomic mass is 35.5. The van der Waals surface area contributed by atoms with Crippen LogP contribution in [0.1, 0.15) is 43.0 Å². The molecule has 0 fully saturated rings. The predicted molar refractivity (Wildman–Crippen MR) is 141 cm³/mol. The van der Waals surface area contributed by atoms with Crippen LogP contribution >= 0.6 is 24.0 Å². The number of methoxy groups -OCH3 is 1. The predicted octanol–water partition coefficient (Wildman–Crippen LogP) is -0.821. The molecule has 0 radical (unpaired) electrons. The van der Waals surface area contributed by atoms with Gasteiger partial charge < -0.3 is 38.8 Å². The number of hydrogen-bond donors (Lipinski definition) is 3. The maximum absolute atomic E-state index is 13.0. The zero-order chi connectivity index (χ0) is 25.7. The number of amides is 2. The average Bonchev–Trinajstić information content (AvgIpc) is 3.14. The lowest BCUT2D eigenvalue weighted by Crippen LogP contribution is -3.00. The first kappa shape index (κ1) is 32.0. The van der Waals surface area contributed by atoms with E-state index in [1.807, 2.05) is 34.3 Å². The molecule has 14 heteroatoms. The molecular formula is C23H33Cl3N8O3. The Labute approximate surface area is 233 Å². The van der Waals surface area contributed by atoms with E-state index < -0.39 is 5.91 Å². The summed E-state index contributed by atoms with van der Waals surface area (Å²) in [5, 5.41) is 2.72. The van der Waals surface area contributed by atoms with Crippen molar-refractivity contribution in [2.45, 2.75) is 46.3 Å². The monoisotopic (exact) mass is 574 g/mol. The highest BCUT2D eigenvalue weighted by Gasteiger charge is 2.28. The molecule has 0 unspecified atom stereocenters. The highest BCUT2D eigenvalue weighted by Crippen LogP contribution is 2.22. The van der Waals surface area contributed by atoms with Gasteiger partial charge in [-0.05, 0) is 25.5 Å². The molecule has 0 saturated carbocycles. The molecule has 5 N–H and O–H groups in total. The number of nitrogen functional groups attached to an aromatic ring is 2. The van der Waals surface area contributed by atoms with E-state index >= 15 is 0 Å². The number of unbranched alkanes of at least 4 members (excludes halogenated alkanes) is 1. The van der Waals surface area contributed by atoms with Gasteiger partial charge in [0.05, 0.1) is 13.7 Å². The fraction of sp³-hybridized carbons (Fsp3) is 0.435. The number of carbonyl (C=O) groups excluding carboxylic acids is 2. The van der Waals surface area contributed by atoms with E-state index in [1.54, 1.807) is 19.1 Å². The number of hydrogen-bond acceptors (Lipinski definition) is 7. The summed E-state index contributed by atoms with van der Waals surface area (Å²) in [6.07, 6.45) is 1.93. The number of imidazole rings is 1. The number of nitrogens with zero attached hydrogens (tertiary/aromatic N) is 5. The number of benzene rings is 1. The summed E-state index contributed by atoms with van der Waals surface area (Å²) in [6.45, 7) is 5.60. The Kier molecular flexibility index (Phi) is 12.2. The number of ether oxygens (including phenoxy) is 1. The van der Waals surface area contributed by atoms with Gasteiger partial charge in [-0.2, -0.15) is 0 Å². The number of carbonyl (C=O) groups is 2. The summed E-state index contributed by atoms with van der Waals surface area (Å²) in [4.78, 5) is 35.5. The molecule has 2 amide bonds. The highest BCUT2D eigenvalue weighted by molar-refractivity contribution is 6.31. The van der Waals surface area contributed by atoms with Crippen molar-refractivity contribution >= 4 is 58.5 Å². The molecular weight excluding hydrogens is 543 g/mol. The van der Waals surface area contributed by atoms with Crippen molar-refractivity contribution in [1.82, 2.24) is 24.8 Å². The first-order valence-corrected chi connectivity index (χ1v) is 11.8. The van der Waals surface area contributed by atoms with Crippen molar-refractivity contribution in [1.29, 1.82) is 0 Å². The minimum absolute atomic E-state index is 0. The molecule has 2 aromatic heterocycles. The lowest BCUT2D eigenvalue weighted by atomic mass is 10.3. The van der Waals surface area contributed by atoms with Gasteiger partial charge in [0.2, 0.25) is 0 Å². The second kappa shape index (κ2) is 14.1. The van der Waals surface area contributed by atoms with Crippen molar-refractivity contribution in [3.63, 3.8) is 0 Å². The Bertz CT molecular complexity index is 1250. The van der Waals surface area contributed by atoms with Crippen LogP contribution in [-0.4, -0.2) is 52.0 Å². The van der Waals surface area contributed by atoms with Crippen molar-refractivity contribution < 1.29 is 31.3 Å². The topological polar surface area (TPSA) is 145 Å². The number of aryl methyl sites for hydroxylation is 1. The van der Waals surface area contributed by atoms with Gasteiger partial charge in [0.1, 0.15) is 12.3 Å². The van der Waals surface area contributed by atoms with E-state index in [4.69, 9.17) is 27.8 Å². The number of nitrogens with two attached hydrogens (primary N) is 2. The van der Waals surface area contributed by atoms with Crippen LogP contribution in [0.2, 0.25) is 5.15 Å². The molecule has 37 heavy (non-hydrogen) atoms. The number of fused-ring (bicyclic) bond motifs is 1. The van der Waals surface area contributed by atoms with Crippen LogP contribution in [0.25, 0.3) is 11.0 Å². The van der Waals surface area contributed by atoms with Gasteiger partial charge in [-0.3, -0.25) is 9.59 Å². The van der Waals surface area contributed by atoms with E-state index in [0.29, 0.717) is 18.8 Å². The van der Waals surface area contributed by atoms with Crippen molar-refractivity contribution in [2.24, 2.45) is 0 Å². The Morgan fingerprint density at radius 1 is 1.22 bits per heavy atom. The average molecular weight is 576 g/mol. The Morgan fingerprint density at radius 2 is 1.92 bits per heavy atom. The van der Waals surface area contributed by atoms with E-state index in [0.717, 1.165) is 29.7 Å². The molecule has 3 aromatic rings. The summed E-state index contributed by atoms with van der Waals surface area (Å²) < 4.78 is 9.35. The largest absolute Gasteiger partial charge is 1.00 e. The minimum Gasteiger partial charge on any atom is -1.00 e. The first-order valence-electron chi connectivity index (χ1n) is 11.4. The van der Waals surface area contributed by atoms with Crippen molar-refractivity contribution in [3.05, 3.63) is 34.9 Å². The van der Waals surface area contributed by atoms with Crippen LogP contribution < -0.4 is 38.5 Å². The minimum atomic E-state index is -0.555. The maximum atomic E-state index is 13.0. The summed E-state index contributed by atoms with van der Waals surface area (Å²) in [5.41, 5.74) is 13.1. The van der Waals surface area contributed by atoms with Gasteiger partial charge in [-0.15, -0.1) is 12.4 Å². The summed E-state index contributed by atoms with van der Waals surface area (Å²) in [6, 6.07) is 5.67. The third-order valence-corrected chi connectivity index (χ3v) is 6.07. The molecule has 0 aliphatic rings. The molecule has 0 saturated heterocycles. The number of anilines is 2. The molecule has 1 aromatic carbocycles. The molecule has 0 spiro atoms. The van der Waals surface area contributed by atoms with Crippen LogP contribution in [-0.2, 0) is 24.4 Å². The van der Waals surface area contributed by atoms with E-state index in [2.05, 4.69) is 22.2 Å². The van der Waals surface area contributed by atoms with Gasteiger partial charge in [-0.25, -0.2) is 19.1 Å². The second-order valence-electron chi connectivity index (χ2n) is 8.09. The Hall–Kier alpha value is -3.02. The molecule has 0 aliphatic heterocycles. The van der Waals surface area contributed by atoms with Gasteiger partial charge in [0.25, 0.3) is 17.6 Å². The molecule has 2 heterocycles. The van der Waals surface area contributed by atoms with Crippen LogP contribution in [0.4, 0.5) is 11.6 Å². The maximum Gasteiger partial charge on any atom is 0.277 e. The normalized spacial score (nSPS) is 10.4. The smallest absolute Gasteiger partial charge is 0.277 e. The van der Waals surface area contributed by atoms with Crippen molar-refractivity contribution in [2.75, 3.05) is 32.2 Å². The molecule has 3 rings (SSSR count). The fourth-order valence-corrected chi connectivity index (χ4v) is 3.97. The van der Waals surface area contributed by atoms with E-state index in [1.165, 1.54) is 0 Å². The van der Waals surface area contributed by atoms with Crippen LogP contribution in [0.5, 0.6) is 5.75 Å². The van der Waals surface area contributed by atoms with Gasteiger partial charge in [-0.1, -0.05) is 24.9 Å². The van der Waals surface area contributed by atoms with Gasteiger partial charge in [0, 0.05) is 19.7 Å². The molecule has 204 valence electrons.